The first kappa shape index (κ1) is 37.9. The molecule has 3 rings (SSSR count). The van der Waals surface area contributed by atoms with E-state index in [1.807, 2.05) is 70.2 Å². The van der Waals surface area contributed by atoms with Crippen molar-refractivity contribution >= 4 is 64.0 Å². The first-order valence-corrected chi connectivity index (χ1v) is 16.4. The van der Waals surface area contributed by atoms with E-state index in [0.717, 1.165) is 60.5 Å². The van der Waals surface area contributed by atoms with Crippen molar-refractivity contribution in [1.29, 1.82) is 0 Å². The molecule has 0 bridgehead atoms. The number of esters is 1. The number of carbonyl (C=O) groups excluding carboxylic acids is 1. The maximum Gasteiger partial charge on any atom is 0.333 e. The molecule has 0 aliphatic rings. The molecule has 2 N–H and O–H groups in total. The number of aliphatic hydroxyl groups is 2. The van der Waals surface area contributed by atoms with Crippen molar-refractivity contribution < 1.29 is 24.5 Å². The predicted octanol–water partition coefficient (Wildman–Crippen LogP) is 9.98. The number of hydrogen-bond acceptors (Lipinski definition) is 5. The average Bonchev–Trinajstić information content (AvgIpc) is 3.05. The number of aliphatic hydroxyl groups excluding tert-OH is 2. The summed E-state index contributed by atoms with van der Waals surface area (Å²) in [5.41, 5.74) is 7.31. The Hall–Kier alpha value is -4.55. The van der Waals surface area contributed by atoms with Crippen molar-refractivity contribution in [2.75, 3.05) is 19.8 Å². The SMILES string of the molecule is C=Cc1c(/C=C\C)c(/C=C\CC(O)COCC(=C)C)c2c(/C=C\CC(O)COC(=O)C(=C)C)c(/C=C\C)c3ccccc3c2c1/C=C\C. The highest BCUT2D eigenvalue weighted by Gasteiger charge is 2.21. The van der Waals surface area contributed by atoms with Crippen molar-refractivity contribution in [2.45, 2.75) is 59.7 Å². The summed E-state index contributed by atoms with van der Waals surface area (Å²) in [5, 5.41) is 25.7. The summed E-state index contributed by atoms with van der Waals surface area (Å²) in [6, 6.07) is 8.40. The minimum atomic E-state index is -0.876. The Bertz CT molecular complexity index is 1800. The van der Waals surface area contributed by atoms with Crippen LogP contribution in [-0.4, -0.2) is 48.2 Å². The second-order valence-electron chi connectivity index (χ2n) is 11.9. The quantitative estimate of drug-likeness (QED) is 0.0661. The summed E-state index contributed by atoms with van der Waals surface area (Å²) in [5.74, 6) is -0.524. The molecule has 3 aromatic rings. The Kier molecular flexibility index (Phi) is 14.8. The van der Waals surface area contributed by atoms with Gasteiger partial charge in [-0.05, 0) is 102 Å². The lowest BCUT2D eigenvalue weighted by Gasteiger charge is -2.22. The first-order chi connectivity index (χ1) is 23.1. The third kappa shape index (κ3) is 9.51. The lowest BCUT2D eigenvalue weighted by atomic mass is 9.81. The second-order valence-corrected chi connectivity index (χ2v) is 11.9. The largest absolute Gasteiger partial charge is 0.460 e. The van der Waals surface area contributed by atoms with Crippen LogP contribution in [0.15, 0.2) is 85.5 Å². The number of fused-ring (bicyclic) bond motifs is 3. The van der Waals surface area contributed by atoms with Gasteiger partial charge in [0.15, 0.2) is 0 Å². The van der Waals surface area contributed by atoms with E-state index in [0.29, 0.717) is 13.0 Å². The zero-order chi connectivity index (χ0) is 35.2. The molecular weight excluding hydrogens is 596 g/mol. The van der Waals surface area contributed by atoms with Gasteiger partial charge in [0.1, 0.15) is 6.61 Å². The molecule has 0 aliphatic heterocycles. The van der Waals surface area contributed by atoms with E-state index in [1.54, 1.807) is 6.92 Å². The van der Waals surface area contributed by atoms with Crippen LogP contribution in [0.1, 0.15) is 80.8 Å². The number of hydrogen-bond donors (Lipinski definition) is 2. The molecule has 2 unspecified atom stereocenters. The topological polar surface area (TPSA) is 76.0 Å². The summed E-state index contributed by atoms with van der Waals surface area (Å²) in [6.07, 6.45) is 21.6. The molecule has 0 fully saturated rings. The molecular formula is C43H50O5. The van der Waals surface area contributed by atoms with E-state index in [1.165, 1.54) is 0 Å². The van der Waals surface area contributed by atoms with Gasteiger partial charge in [0.2, 0.25) is 0 Å². The Labute approximate surface area is 286 Å². The average molecular weight is 647 g/mol. The zero-order valence-corrected chi connectivity index (χ0v) is 29.1. The van der Waals surface area contributed by atoms with Crippen molar-refractivity contribution in [2.24, 2.45) is 0 Å². The van der Waals surface area contributed by atoms with Crippen LogP contribution in [0, 0.1) is 0 Å². The normalized spacial score (nSPS) is 13.6. The van der Waals surface area contributed by atoms with E-state index in [-0.39, 0.29) is 25.2 Å². The summed E-state index contributed by atoms with van der Waals surface area (Å²) >= 11 is 0. The van der Waals surface area contributed by atoms with Crippen LogP contribution in [-0.2, 0) is 14.3 Å². The molecule has 2 atom stereocenters. The molecule has 0 spiro atoms. The van der Waals surface area contributed by atoms with Gasteiger partial charge in [-0.25, -0.2) is 4.79 Å². The molecule has 0 saturated carbocycles. The third-order valence-corrected chi connectivity index (χ3v) is 7.71. The van der Waals surface area contributed by atoms with Gasteiger partial charge >= 0.3 is 5.97 Å². The molecule has 0 heterocycles. The molecule has 0 amide bonds. The van der Waals surface area contributed by atoms with Gasteiger partial charge in [-0.15, -0.1) is 0 Å². The number of carbonyl (C=O) groups is 1. The minimum Gasteiger partial charge on any atom is -0.460 e. The molecule has 0 radical (unpaired) electrons. The smallest absolute Gasteiger partial charge is 0.333 e. The highest BCUT2D eigenvalue weighted by Crippen LogP contribution is 2.43. The van der Waals surface area contributed by atoms with Crippen LogP contribution < -0.4 is 0 Å². The third-order valence-electron chi connectivity index (χ3n) is 7.71. The predicted molar refractivity (Wildman–Crippen MR) is 206 cm³/mol. The van der Waals surface area contributed by atoms with Crippen LogP contribution in [0.2, 0.25) is 0 Å². The highest BCUT2D eigenvalue weighted by molar-refractivity contribution is 6.21. The van der Waals surface area contributed by atoms with Crippen molar-refractivity contribution in [3.63, 3.8) is 0 Å². The maximum atomic E-state index is 11.9. The number of ether oxygens (including phenoxy) is 2. The molecule has 0 aliphatic carbocycles. The minimum absolute atomic E-state index is 0.123. The fraction of sp³-hybridized carbons (Fsp3) is 0.279. The highest BCUT2D eigenvalue weighted by atomic mass is 16.5. The molecule has 252 valence electrons. The van der Waals surface area contributed by atoms with Crippen LogP contribution in [0.5, 0.6) is 0 Å². The Balaban J connectivity index is 2.38. The molecule has 3 aromatic carbocycles. The molecule has 0 aromatic heterocycles. The molecule has 5 nitrogen and oxygen atoms in total. The Morgan fingerprint density at radius 1 is 0.729 bits per heavy atom. The van der Waals surface area contributed by atoms with Crippen LogP contribution >= 0.6 is 0 Å². The fourth-order valence-electron chi connectivity index (χ4n) is 5.69. The first-order valence-electron chi connectivity index (χ1n) is 16.4. The number of rotatable bonds is 17. The van der Waals surface area contributed by atoms with E-state index in [2.05, 4.69) is 68.3 Å². The van der Waals surface area contributed by atoms with Gasteiger partial charge < -0.3 is 19.7 Å². The van der Waals surface area contributed by atoms with Gasteiger partial charge in [0.25, 0.3) is 0 Å². The monoisotopic (exact) mass is 646 g/mol. The zero-order valence-electron chi connectivity index (χ0n) is 29.1. The van der Waals surface area contributed by atoms with Gasteiger partial charge in [-0.1, -0.05) is 116 Å². The Morgan fingerprint density at radius 3 is 1.81 bits per heavy atom. The van der Waals surface area contributed by atoms with Crippen LogP contribution in [0.25, 0.3) is 58.0 Å². The van der Waals surface area contributed by atoms with Gasteiger partial charge in [0, 0.05) is 5.57 Å². The number of benzene rings is 3. The van der Waals surface area contributed by atoms with Gasteiger partial charge in [0.05, 0.1) is 25.4 Å². The van der Waals surface area contributed by atoms with Gasteiger partial charge in [-0.3, -0.25) is 0 Å². The van der Waals surface area contributed by atoms with Crippen LogP contribution in [0.4, 0.5) is 0 Å². The van der Waals surface area contributed by atoms with E-state index in [4.69, 9.17) is 9.47 Å². The summed E-state index contributed by atoms with van der Waals surface area (Å²) < 4.78 is 10.8. The van der Waals surface area contributed by atoms with Crippen molar-refractivity contribution in [1.82, 2.24) is 0 Å². The lowest BCUT2D eigenvalue weighted by Crippen LogP contribution is -2.18. The number of allylic oxidation sites excluding steroid dienone is 3. The fourth-order valence-corrected chi connectivity index (χ4v) is 5.69. The van der Waals surface area contributed by atoms with Crippen molar-refractivity contribution in [3.8, 4) is 0 Å². The standard InChI is InChI=1S/C43H50O5/c1-9-17-34-33(12-4)37(19-11-3)41-38-23-14-13-22-36(38)35(18-10-2)40(25-16-21-32(45)28-48-43(46)30(7)8)42(41)39(34)24-15-20-31(44)27-47-26-29(5)6/h9-19,22-25,31-32,44-45H,4-5,7,20-21,26-28H2,1-3,6,8H3/b17-9-,18-10-,19-11-,24-15-,25-16-. The summed E-state index contributed by atoms with van der Waals surface area (Å²) in [4.78, 5) is 11.9. The second kappa shape index (κ2) is 18.7. The van der Waals surface area contributed by atoms with Crippen molar-refractivity contribution in [3.05, 3.63) is 119 Å². The Morgan fingerprint density at radius 2 is 1.25 bits per heavy atom. The molecule has 0 saturated heterocycles. The summed E-state index contributed by atoms with van der Waals surface area (Å²) in [7, 11) is 0. The molecule has 5 heteroatoms. The molecule has 48 heavy (non-hydrogen) atoms. The van der Waals surface area contributed by atoms with Gasteiger partial charge in [-0.2, -0.15) is 0 Å². The van der Waals surface area contributed by atoms with E-state index < -0.39 is 18.2 Å². The lowest BCUT2D eigenvalue weighted by molar-refractivity contribution is -0.141. The van der Waals surface area contributed by atoms with E-state index >= 15 is 0 Å². The van der Waals surface area contributed by atoms with E-state index in [9.17, 15) is 15.0 Å². The maximum absolute atomic E-state index is 11.9. The van der Waals surface area contributed by atoms with Crippen LogP contribution in [0.3, 0.4) is 0 Å². The summed E-state index contributed by atoms with van der Waals surface area (Å²) in [6.45, 7) is 21.7.